The second-order valence-corrected chi connectivity index (χ2v) is 4.33. The molecule has 1 aromatic heterocycles. The summed E-state index contributed by atoms with van der Waals surface area (Å²) in [5.74, 6) is -0.105. The Hall–Kier alpha value is -1.42. The van der Waals surface area contributed by atoms with E-state index in [0.29, 0.717) is 12.1 Å². The summed E-state index contributed by atoms with van der Waals surface area (Å²) in [4.78, 5) is 16.2. The number of nitrogens with zero attached hydrogens (tertiary/aromatic N) is 1. The Morgan fingerprint density at radius 2 is 2.06 bits per heavy atom. The van der Waals surface area contributed by atoms with E-state index in [2.05, 4.69) is 10.3 Å². The SMILES string of the molecule is CCC(CC)(CN)NC(=O)c1ccc(C)nc1. The molecule has 1 aromatic rings. The Morgan fingerprint density at radius 1 is 1.41 bits per heavy atom. The fourth-order valence-electron chi connectivity index (χ4n) is 1.68. The van der Waals surface area contributed by atoms with Gasteiger partial charge in [-0.05, 0) is 31.9 Å². The number of hydrogen-bond acceptors (Lipinski definition) is 3. The van der Waals surface area contributed by atoms with Crippen molar-refractivity contribution in [3.63, 3.8) is 0 Å². The Bertz CT molecular complexity index is 360. The minimum absolute atomic E-state index is 0.105. The van der Waals surface area contributed by atoms with Crippen molar-refractivity contribution < 1.29 is 4.79 Å². The lowest BCUT2D eigenvalue weighted by molar-refractivity contribution is 0.0895. The van der Waals surface area contributed by atoms with Crippen molar-refractivity contribution in [2.45, 2.75) is 39.2 Å². The largest absolute Gasteiger partial charge is 0.345 e. The predicted octanol–water partition coefficient (Wildman–Crippen LogP) is 1.64. The molecule has 4 heteroatoms. The van der Waals surface area contributed by atoms with Crippen LogP contribution in [-0.2, 0) is 0 Å². The van der Waals surface area contributed by atoms with E-state index in [4.69, 9.17) is 5.73 Å². The van der Waals surface area contributed by atoms with Crippen LogP contribution in [0.2, 0.25) is 0 Å². The number of amides is 1. The first-order valence-electron chi connectivity index (χ1n) is 6.02. The zero-order chi connectivity index (χ0) is 12.9. The van der Waals surface area contributed by atoms with Crippen molar-refractivity contribution in [2.75, 3.05) is 6.54 Å². The zero-order valence-corrected chi connectivity index (χ0v) is 10.8. The van der Waals surface area contributed by atoms with E-state index < -0.39 is 0 Å². The maximum Gasteiger partial charge on any atom is 0.253 e. The van der Waals surface area contributed by atoms with Gasteiger partial charge in [-0.1, -0.05) is 13.8 Å². The van der Waals surface area contributed by atoms with Gasteiger partial charge >= 0.3 is 0 Å². The minimum Gasteiger partial charge on any atom is -0.345 e. The summed E-state index contributed by atoms with van der Waals surface area (Å²) in [6.45, 7) is 6.41. The van der Waals surface area contributed by atoms with Gasteiger partial charge in [0.15, 0.2) is 0 Å². The van der Waals surface area contributed by atoms with Gasteiger partial charge in [-0.3, -0.25) is 9.78 Å². The molecule has 0 atom stereocenters. The van der Waals surface area contributed by atoms with Gasteiger partial charge in [-0.25, -0.2) is 0 Å². The summed E-state index contributed by atoms with van der Waals surface area (Å²) in [6.07, 6.45) is 3.24. The lowest BCUT2D eigenvalue weighted by Crippen LogP contribution is -2.52. The number of carbonyl (C=O) groups excluding carboxylic acids is 1. The van der Waals surface area contributed by atoms with Crippen LogP contribution in [0.5, 0.6) is 0 Å². The quantitative estimate of drug-likeness (QED) is 0.815. The summed E-state index contributed by atoms with van der Waals surface area (Å²) in [5.41, 5.74) is 6.92. The van der Waals surface area contributed by atoms with Crippen LogP contribution in [0.1, 0.15) is 42.7 Å². The molecule has 0 fully saturated rings. The van der Waals surface area contributed by atoms with Crippen LogP contribution in [0.4, 0.5) is 0 Å². The molecule has 1 rings (SSSR count). The van der Waals surface area contributed by atoms with Crippen molar-refractivity contribution in [3.8, 4) is 0 Å². The van der Waals surface area contributed by atoms with E-state index in [-0.39, 0.29) is 11.4 Å². The van der Waals surface area contributed by atoms with Gasteiger partial charge in [-0.2, -0.15) is 0 Å². The van der Waals surface area contributed by atoms with E-state index in [1.807, 2.05) is 26.8 Å². The first-order valence-corrected chi connectivity index (χ1v) is 6.02. The van der Waals surface area contributed by atoms with Crippen molar-refractivity contribution >= 4 is 5.91 Å². The van der Waals surface area contributed by atoms with Gasteiger partial charge in [-0.15, -0.1) is 0 Å². The second-order valence-electron chi connectivity index (χ2n) is 4.33. The highest BCUT2D eigenvalue weighted by atomic mass is 16.1. The molecule has 0 saturated heterocycles. The van der Waals surface area contributed by atoms with Gasteiger partial charge in [0.05, 0.1) is 11.1 Å². The molecule has 0 aliphatic rings. The summed E-state index contributed by atoms with van der Waals surface area (Å²) in [6, 6.07) is 3.61. The molecule has 0 spiro atoms. The molecule has 0 saturated carbocycles. The maximum atomic E-state index is 12.0. The summed E-state index contributed by atoms with van der Waals surface area (Å²) in [7, 11) is 0. The monoisotopic (exact) mass is 235 g/mol. The maximum absolute atomic E-state index is 12.0. The lowest BCUT2D eigenvalue weighted by atomic mass is 9.92. The van der Waals surface area contributed by atoms with E-state index in [1.54, 1.807) is 12.3 Å². The molecule has 94 valence electrons. The first-order chi connectivity index (χ1) is 8.06. The van der Waals surface area contributed by atoms with Crippen LogP contribution >= 0.6 is 0 Å². The zero-order valence-electron chi connectivity index (χ0n) is 10.8. The van der Waals surface area contributed by atoms with E-state index in [0.717, 1.165) is 18.5 Å². The van der Waals surface area contributed by atoms with Crippen LogP contribution < -0.4 is 11.1 Å². The van der Waals surface area contributed by atoms with E-state index in [9.17, 15) is 4.79 Å². The molecule has 4 nitrogen and oxygen atoms in total. The molecule has 0 aliphatic heterocycles. The van der Waals surface area contributed by atoms with Crippen molar-refractivity contribution in [3.05, 3.63) is 29.6 Å². The Morgan fingerprint density at radius 3 is 2.47 bits per heavy atom. The fourth-order valence-corrected chi connectivity index (χ4v) is 1.68. The number of aryl methyl sites for hydroxylation is 1. The standard InChI is InChI=1S/C13H21N3O/c1-4-13(5-2,9-14)16-12(17)11-7-6-10(3)15-8-11/h6-8H,4-5,9,14H2,1-3H3,(H,16,17). The molecular formula is C13H21N3O. The molecule has 0 unspecified atom stereocenters. The van der Waals surface area contributed by atoms with E-state index in [1.165, 1.54) is 0 Å². The summed E-state index contributed by atoms with van der Waals surface area (Å²) >= 11 is 0. The molecule has 3 N–H and O–H groups in total. The van der Waals surface area contributed by atoms with Gasteiger partial charge in [0.1, 0.15) is 0 Å². The van der Waals surface area contributed by atoms with E-state index >= 15 is 0 Å². The number of nitrogens with one attached hydrogen (secondary N) is 1. The first kappa shape index (κ1) is 13.6. The number of rotatable bonds is 5. The van der Waals surface area contributed by atoms with Crippen molar-refractivity contribution in [1.82, 2.24) is 10.3 Å². The normalized spacial score (nSPS) is 11.3. The Balaban J connectivity index is 2.81. The molecular weight excluding hydrogens is 214 g/mol. The van der Waals surface area contributed by atoms with Crippen LogP contribution in [0.15, 0.2) is 18.3 Å². The van der Waals surface area contributed by atoms with Gasteiger partial charge < -0.3 is 11.1 Å². The molecule has 1 amide bonds. The number of aromatic nitrogens is 1. The number of carbonyl (C=O) groups is 1. The van der Waals surface area contributed by atoms with Crippen molar-refractivity contribution in [1.29, 1.82) is 0 Å². The van der Waals surface area contributed by atoms with Crippen LogP contribution in [-0.4, -0.2) is 23.0 Å². The molecule has 0 aliphatic carbocycles. The third kappa shape index (κ3) is 3.27. The minimum atomic E-state index is -0.304. The highest BCUT2D eigenvalue weighted by Crippen LogP contribution is 2.14. The highest BCUT2D eigenvalue weighted by molar-refractivity contribution is 5.94. The molecule has 0 aromatic carbocycles. The lowest BCUT2D eigenvalue weighted by Gasteiger charge is -2.31. The van der Waals surface area contributed by atoms with Crippen LogP contribution in [0.25, 0.3) is 0 Å². The third-order valence-electron chi connectivity index (χ3n) is 3.30. The van der Waals surface area contributed by atoms with Crippen LogP contribution in [0.3, 0.4) is 0 Å². The van der Waals surface area contributed by atoms with Crippen LogP contribution in [0, 0.1) is 6.92 Å². The van der Waals surface area contributed by atoms with Gasteiger partial charge in [0.2, 0.25) is 0 Å². The number of hydrogen-bond donors (Lipinski definition) is 2. The summed E-state index contributed by atoms with van der Waals surface area (Å²) in [5, 5.41) is 3.01. The topological polar surface area (TPSA) is 68.0 Å². The van der Waals surface area contributed by atoms with Gasteiger partial charge in [0, 0.05) is 18.4 Å². The smallest absolute Gasteiger partial charge is 0.253 e. The average molecular weight is 235 g/mol. The van der Waals surface area contributed by atoms with Crippen molar-refractivity contribution in [2.24, 2.45) is 5.73 Å². The molecule has 17 heavy (non-hydrogen) atoms. The fraction of sp³-hybridized carbons (Fsp3) is 0.538. The Labute approximate surface area is 103 Å². The summed E-state index contributed by atoms with van der Waals surface area (Å²) < 4.78 is 0. The predicted molar refractivity (Wildman–Crippen MR) is 68.8 cm³/mol. The second kappa shape index (κ2) is 5.77. The molecule has 0 radical (unpaired) electrons. The Kier molecular flexibility index (Phi) is 4.63. The molecule has 0 bridgehead atoms. The highest BCUT2D eigenvalue weighted by Gasteiger charge is 2.26. The van der Waals surface area contributed by atoms with Gasteiger partial charge in [0.25, 0.3) is 5.91 Å². The average Bonchev–Trinajstić information content (AvgIpc) is 2.37. The third-order valence-corrected chi connectivity index (χ3v) is 3.30. The number of nitrogens with two attached hydrogens (primary N) is 1. The molecule has 1 heterocycles. The number of pyridine rings is 1.